The van der Waals surface area contributed by atoms with Gasteiger partial charge in [0.15, 0.2) is 0 Å². The molecule has 0 saturated heterocycles. The van der Waals surface area contributed by atoms with Crippen LogP contribution in [0.25, 0.3) is 120 Å². The Morgan fingerprint density at radius 1 is 0.315 bits per heavy atom. The summed E-state index contributed by atoms with van der Waals surface area (Å²) in [6, 6.07) is 86.3. The summed E-state index contributed by atoms with van der Waals surface area (Å²) < 4.78 is 15.3. The van der Waals surface area contributed by atoms with Gasteiger partial charge in [0.25, 0.3) is 0 Å². The van der Waals surface area contributed by atoms with Crippen molar-refractivity contribution in [3.8, 4) is 55.6 Å². The third-order valence-corrected chi connectivity index (χ3v) is 16.7. The molecule has 14 aromatic rings. The standard InChI is InChI=1S/C69H45NO2S/c1-69(2)61-36-26-45(38-59(61)53-34-25-48(40-62(53)69)52-13-9-14-58-54-10-3-7-16-64(54)72-68(52)58)42-18-28-49(29-19-42)70(50-30-20-43(21-31-50)46-27-37-65-60(39-46)55-11-4-6-15-63(55)71-65)51-32-22-44(23-33-51)47-24-35-57-56-12-5-8-17-66(56)73-67(57)41-47/h3-41H,1-2H3. The second-order valence-electron chi connectivity index (χ2n) is 20.0. The van der Waals surface area contributed by atoms with E-state index in [1.165, 1.54) is 70.2 Å². The number of anilines is 3. The van der Waals surface area contributed by atoms with E-state index in [0.29, 0.717) is 0 Å². The van der Waals surface area contributed by atoms with Crippen molar-refractivity contribution in [3.05, 3.63) is 248 Å². The maximum atomic E-state index is 6.49. The van der Waals surface area contributed by atoms with Crippen LogP contribution in [0.3, 0.4) is 0 Å². The molecule has 0 bridgehead atoms. The molecule has 73 heavy (non-hydrogen) atoms. The molecule has 0 spiro atoms. The zero-order chi connectivity index (χ0) is 48.4. The van der Waals surface area contributed by atoms with Gasteiger partial charge in [0.2, 0.25) is 0 Å². The van der Waals surface area contributed by atoms with E-state index < -0.39 is 0 Å². The molecule has 0 amide bonds. The minimum Gasteiger partial charge on any atom is -0.456 e. The first-order valence-corrected chi connectivity index (χ1v) is 25.9. The fourth-order valence-corrected chi connectivity index (χ4v) is 12.9. The van der Waals surface area contributed by atoms with Gasteiger partial charge < -0.3 is 13.7 Å². The molecule has 3 nitrogen and oxygen atoms in total. The number of hydrogen-bond donors (Lipinski definition) is 0. The van der Waals surface area contributed by atoms with Gasteiger partial charge in [0, 0.05) is 69.8 Å². The van der Waals surface area contributed by atoms with Crippen molar-refractivity contribution in [2.75, 3.05) is 4.90 Å². The summed E-state index contributed by atoms with van der Waals surface area (Å²) in [5.74, 6) is 0. The zero-order valence-electron chi connectivity index (χ0n) is 40.2. The Bertz CT molecular complexity index is 4510. The van der Waals surface area contributed by atoms with Crippen LogP contribution in [-0.4, -0.2) is 0 Å². The Hall–Kier alpha value is -8.96. The predicted octanol–water partition coefficient (Wildman–Crippen LogP) is 20.3. The summed E-state index contributed by atoms with van der Waals surface area (Å²) in [5.41, 5.74) is 21.4. The highest BCUT2D eigenvalue weighted by molar-refractivity contribution is 7.25. The number of para-hydroxylation sites is 3. The molecule has 1 aliphatic rings. The fraction of sp³-hybridized carbons (Fsp3) is 0.0435. The molecule has 15 rings (SSSR count). The first-order chi connectivity index (χ1) is 35.9. The Morgan fingerprint density at radius 2 is 0.836 bits per heavy atom. The number of furan rings is 2. The SMILES string of the molecule is CC1(C)c2ccc(-c3ccc(N(c4ccc(-c5ccc6c(c5)sc5ccccc56)cc4)c4ccc(-c5ccc6oc7ccccc7c6c5)cc4)cc3)cc2-c2ccc(-c3cccc4c3oc3ccccc34)cc21. The van der Waals surface area contributed by atoms with Crippen LogP contribution >= 0.6 is 11.3 Å². The molecule has 11 aromatic carbocycles. The zero-order valence-corrected chi connectivity index (χ0v) is 41.0. The van der Waals surface area contributed by atoms with Crippen LogP contribution in [0.2, 0.25) is 0 Å². The molecule has 1 aliphatic carbocycles. The average molecular weight is 952 g/mol. The number of fused-ring (bicyclic) bond motifs is 12. The summed E-state index contributed by atoms with van der Waals surface area (Å²) in [5, 5.41) is 7.20. The minimum atomic E-state index is -0.165. The van der Waals surface area contributed by atoms with Crippen LogP contribution in [0.15, 0.2) is 245 Å². The highest BCUT2D eigenvalue weighted by atomic mass is 32.1. The first kappa shape index (κ1) is 41.8. The maximum absolute atomic E-state index is 6.49. The van der Waals surface area contributed by atoms with Crippen LogP contribution in [0.1, 0.15) is 25.0 Å². The van der Waals surface area contributed by atoms with E-state index in [-0.39, 0.29) is 5.41 Å². The topological polar surface area (TPSA) is 29.5 Å². The Morgan fingerprint density at radius 3 is 1.55 bits per heavy atom. The Kier molecular flexibility index (Phi) is 9.17. The second kappa shape index (κ2) is 16.0. The van der Waals surface area contributed by atoms with E-state index in [1.54, 1.807) is 0 Å². The third-order valence-electron chi connectivity index (χ3n) is 15.5. The van der Waals surface area contributed by atoms with Crippen LogP contribution in [0.4, 0.5) is 17.1 Å². The number of nitrogens with zero attached hydrogens (tertiary/aromatic N) is 1. The van der Waals surface area contributed by atoms with Crippen LogP contribution in [0, 0.1) is 0 Å². The van der Waals surface area contributed by atoms with Gasteiger partial charge in [-0.1, -0.05) is 166 Å². The number of benzene rings is 11. The largest absolute Gasteiger partial charge is 0.456 e. The minimum absolute atomic E-state index is 0.165. The van der Waals surface area contributed by atoms with Crippen LogP contribution < -0.4 is 4.90 Å². The predicted molar refractivity (Wildman–Crippen MR) is 308 cm³/mol. The highest BCUT2D eigenvalue weighted by Gasteiger charge is 2.36. The van der Waals surface area contributed by atoms with Gasteiger partial charge in [-0.2, -0.15) is 0 Å². The van der Waals surface area contributed by atoms with Gasteiger partial charge in [0.1, 0.15) is 22.3 Å². The van der Waals surface area contributed by atoms with Crippen molar-refractivity contribution in [2.45, 2.75) is 19.3 Å². The van der Waals surface area contributed by atoms with Crippen molar-refractivity contribution in [1.82, 2.24) is 0 Å². The van der Waals surface area contributed by atoms with Gasteiger partial charge in [-0.3, -0.25) is 0 Å². The normalized spacial score (nSPS) is 12.9. The molecule has 4 heteroatoms. The number of hydrogen-bond acceptors (Lipinski definition) is 4. The molecule has 3 heterocycles. The summed E-state index contributed by atoms with van der Waals surface area (Å²) in [6.07, 6.45) is 0. The van der Waals surface area contributed by atoms with Crippen LogP contribution in [0.5, 0.6) is 0 Å². The van der Waals surface area contributed by atoms with E-state index in [1.807, 2.05) is 29.5 Å². The quantitative estimate of drug-likeness (QED) is 0.159. The molecule has 344 valence electrons. The molecule has 0 N–H and O–H groups in total. The van der Waals surface area contributed by atoms with E-state index in [4.69, 9.17) is 8.83 Å². The van der Waals surface area contributed by atoms with E-state index >= 15 is 0 Å². The van der Waals surface area contributed by atoms with E-state index in [9.17, 15) is 0 Å². The summed E-state index contributed by atoms with van der Waals surface area (Å²) in [6.45, 7) is 4.71. The molecule has 0 atom stereocenters. The number of rotatable bonds is 7. The van der Waals surface area contributed by atoms with Gasteiger partial charge in [-0.25, -0.2) is 0 Å². The van der Waals surface area contributed by atoms with E-state index in [2.05, 4.69) is 237 Å². The molecular formula is C69H45NO2S. The smallest absolute Gasteiger partial charge is 0.143 e. The number of thiophene rings is 1. The summed E-state index contributed by atoms with van der Waals surface area (Å²) in [7, 11) is 0. The second-order valence-corrected chi connectivity index (χ2v) is 21.1. The van der Waals surface area contributed by atoms with Crippen molar-refractivity contribution >= 4 is 92.4 Å². The van der Waals surface area contributed by atoms with Crippen molar-refractivity contribution in [3.63, 3.8) is 0 Å². The fourth-order valence-electron chi connectivity index (χ4n) is 11.7. The lowest BCUT2D eigenvalue weighted by Gasteiger charge is -2.26. The first-order valence-electron chi connectivity index (χ1n) is 25.0. The molecule has 0 radical (unpaired) electrons. The highest BCUT2D eigenvalue weighted by Crippen LogP contribution is 2.51. The Labute approximate surface area is 426 Å². The van der Waals surface area contributed by atoms with Crippen LogP contribution in [-0.2, 0) is 5.41 Å². The molecular weight excluding hydrogens is 907 g/mol. The van der Waals surface area contributed by atoms with Crippen molar-refractivity contribution in [1.29, 1.82) is 0 Å². The van der Waals surface area contributed by atoms with Gasteiger partial charge in [-0.05, 0) is 146 Å². The molecule has 0 fully saturated rings. The van der Waals surface area contributed by atoms with Crippen molar-refractivity contribution < 1.29 is 8.83 Å². The lowest BCUT2D eigenvalue weighted by Crippen LogP contribution is -2.15. The molecule has 0 unspecified atom stereocenters. The lowest BCUT2D eigenvalue weighted by molar-refractivity contribution is 0.660. The molecule has 3 aromatic heterocycles. The van der Waals surface area contributed by atoms with E-state index in [0.717, 1.165) is 77.6 Å². The lowest BCUT2D eigenvalue weighted by atomic mass is 9.81. The summed E-state index contributed by atoms with van der Waals surface area (Å²) in [4.78, 5) is 2.37. The van der Waals surface area contributed by atoms with Gasteiger partial charge in [0.05, 0.1) is 0 Å². The van der Waals surface area contributed by atoms with Gasteiger partial charge >= 0.3 is 0 Å². The third kappa shape index (κ3) is 6.64. The molecule has 0 aliphatic heterocycles. The monoisotopic (exact) mass is 951 g/mol. The summed E-state index contributed by atoms with van der Waals surface area (Å²) >= 11 is 1.86. The van der Waals surface area contributed by atoms with Gasteiger partial charge in [-0.15, -0.1) is 11.3 Å². The average Bonchev–Trinajstić information content (AvgIpc) is 4.19. The molecule has 0 saturated carbocycles. The Balaban J connectivity index is 0.777. The van der Waals surface area contributed by atoms with Crippen molar-refractivity contribution in [2.24, 2.45) is 0 Å². The maximum Gasteiger partial charge on any atom is 0.143 e.